The van der Waals surface area contributed by atoms with Crippen LogP contribution in [0, 0.1) is 11.3 Å². The van der Waals surface area contributed by atoms with Gasteiger partial charge in [0.25, 0.3) is 0 Å². The maximum absolute atomic E-state index is 9.40. The molecule has 0 saturated heterocycles. The molecule has 0 N–H and O–H groups in total. The summed E-state index contributed by atoms with van der Waals surface area (Å²) in [7, 11) is 0. The second-order valence-corrected chi connectivity index (χ2v) is 3.82. The SMILES string of the molecule is CC(C#N)(c1ccccc1)c1ccccn1. The third kappa shape index (κ3) is 1.68. The van der Waals surface area contributed by atoms with Crippen molar-refractivity contribution in [3.63, 3.8) is 0 Å². The summed E-state index contributed by atoms with van der Waals surface area (Å²) >= 11 is 0. The predicted molar refractivity (Wildman–Crippen MR) is 62.7 cm³/mol. The van der Waals surface area contributed by atoms with Crippen molar-refractivity contribution < 1.29 is 0 Å². The molecule has 0 aliphatic heterocycles. The highest BCUT2D eigenvalue weighted by Gasteiger charge is 2.29. The summed E-state index contributed by atoms with van der Waals surface area (Å²) in [4.78, 5) is 4.28. The molecule has 78 valence electrons. The molecule has 1 aromatic carbocycles. The Bertz CT molecular complexity index is 458. The minimum absolute atomic E-state index is 0.678. The molecule has 0 radical (unpaired) electrons. The van der Waals surface area contributed by atoms with Gasteiger partial charge in [-0.2, -0.15) is 5.26 Å². The Hall–Kier alpha value is -2.14. The Labute approximate surface area is 95.2 Å². The molecule has 1 atom stereocenters. The second kappa shape index (κ2) is 4.16. The van der Waals surface area contributed by atoms with Gasteiger partial charge in [0.2, 0.25) is 0 Å². The van der Waals surface area contributed by atoms with E-state index in [4.69, 9.17) is 0 Å². The first-order valence-corrected chi connectivity index (χ1v) is 5.15. The van der Waals surface area contributed by atoms with Gasteiger partial charge >= 0.3 is 0 Å². The molecule has 0 aliphatic rings. The van der Waals surface area contributed by atoms with Crippen LogP contribution >= 0.6 is 0 Å². The van der Waals surface area contributed by atoms with Crippen LogP contribution in [0.15, 0.2) is 54.7 Å². The summed E-state index contributed by atoms with van der Waals surface area (Å²) in [5.41, 5.74) is 1.07. The molecule has 2 nitrogen and oxygen atoms in total. The van der Waals surface area contributed by atoms with Crippen molar-refractivity contribution in [2.24, 2.45) is 0 Å². The first-order chi connectivity index (χ1) is 7.77. The molecule has 2 rings (SSSR count). The van der Waals surface area contributed by atoms with E-state index in [2.05, 4.69) is 11.1 Å². The Morgan fingerprint density at radius 3 is 2.31 bits per heavy atom. The topological polar surface area (TPSA) is 36.7 Å². The number of hydrogen-bond acceptors (Lipinski definition) is 2. The standard InChI is InChI=1S/C14H12N2/c1-14(11-15,12-7-3-2-4-8-12)13-9-5-6-10-16-13/h2-10H,1H3. The summed E-state index contributed by atoms with van der Waals surface area (Å²) in [6, 6.07) is 17.7. The van der Waals surface area contributed by atoms with E-state index < -0.39 is 5.41 Å². The van der Waals surface area contributed by atoms with Crippen LogP contribution in [0.3, 0.4) is 0 Å². The van der Waals surface area contributed by atoms with E-state index in [0.717, 1.165) is 11.3 Å². The summed E-state index contributed by atoms with van der Waals surface area (Å²) in [6.45, 7) is 1.89. The van der Waals surface area contributed by atoms with Crippen LogP contribution in [-0.2, 0) is 5.41 Å². The Kier molecular flexibility index (Phi) is 2.70. The zero-order valence-corrected chi connectivity index (χ0v) is 9.09. The highest BCUT2D eigenvalue weighted by Crippen LogP contribution is 2.29. The van der Waals surface area contributed by atoms with Crippen molar-refractivity contribution >= 4 is 0 Å². The van der Waals surface area contributed by atoms with Gasteiger partial charge in [-0.1, -0.05) is 36.4 Å². The van der Waals surface area contributed by atoms with Gasteiger partial charge in [0, 0.05) is 6.20 Å². The van der Waals surface area contributed by atoms with Crippen molar-refractivity contribution in [1.29, 1.82) is 5.26 Å². The number of hydrogen-bond donors (Lipinski definition) is 0. The van der Waals surface area contributed by atoms with Gasteiger partial charge in [0.1, 0.15) is 5.41 Å². The second-order valence-electron chi connectivity index (χ2n) is 3.82. The van der Waals surface area contributed by atoms with E-state index in [1.807, 2.05) is 55.5 Å². The minimum Gasteiger partial charge on any atom is -0.259 e. The van der Waals surface area contributed by atoms with Crippen molar-refractivity contribution in [2.45, 2.75) is 12.3 Å². The average molecular weight is 208 g/mol. The van der Waals surface area contributed by atoms with Crippen LogP contribution in [0.4, 0.5) is 0 Å². The van der Waals surface area contributed by atoms with E-state index >= 15 is 0 Å². The summed E-state index contributed by atoms with van der Waals surface area (Å²) in [5.74, 6) is 0. The number of nitriles is 1. The van der Waals surface area contributed by atoms with Gasteiger partial charge < -0.3 is 0 Å². The average Bonchev–Trinajstić information content (AvgIpc) is 2.40. The van der Waals surface area contributed by atoms with Crippen LogP contribution in [0.25, 0.3) is 0 Å². The molecule has 16 heavy (non-hydrogen) atoms. The van der Waals surface area contributed by atoms with Crippen LogP contribution in [0.5, 0.6) is 0 Å². The van der Waals surface area contributed by atoms with E-state index in [1.54, 1.807) is 6.20 Å². The molecule has 0 amide bonds. The maximum Gasteiger partial charge on any atom is 0.121 e. The molecule has 0 aliphatic carbocycles. The van der Waals surface area contributed by atoms with Crippen molar-refractivity contribution in [1.82, 2.24) is 4.98 Å². The molecular formula is C14H12N2. The van der Waals surface area contributed by atoms with Crippen LogP contribution in [0.1, 0.15) is 18.2 Å². The fourth-order valence-electron chi connectivity index (χ4n) is 1.70. The molecule has 1 unspecified atom stereocenters. The van der Waals surface area contributed by atoms with Crippen molar-refractivity contribution in [2.75, 3.05) is 0 Å². The lowest BCUT2D eigenvalue weighted by Crippen LogP contribution is -2.22. The minimum atomic E-state index is -0.678. The third-order valence-electron chi connectivity index (χ3n) is 2.75. The molecule has 2 heteroatoms. The Morgan fingerprint density at radius 1 is 1.06 bits per heavy atom. The van der Waals surface area contributed by atoms with Gasteiger partial charge in [0.05, 0.1) is 11.8 Å². The van der Waals surface area contributed by atoms with Gasteiger partial charge in [-0.25, -0.2) is 0 Å². The first kappa shape index (κ1) is 10.4. The largest absolute Gasteiger partial charge is 0.259 e. The maximum atomic E-state index is 9.40. The number of aromatic nitrogens is 1. The van der Waals surface area contributed by atoms with Gasteiger partial charge in [-0.3, -0.25) is 4.98 Å². The van der Waals surface area contributed by atoms with E-state index in [0.29, 0.717) is 0 Å². The smallest absolute Gasteiger partial charge is 0.121 e. The van der Waals surface area contributed by atoms with Crippen molar-refractivity contribution in [3.05, 3.63) is 66.0 Å². The lowest BCUT2D eigenvalue weighted by molar-refractivity contribution is 0.709. The molecule has 1 aromatic heterocycles. The first-order valence-electron chi connectivity index (χ1n) is 5.15. The number of nitrogens with zero attached hydrogens (tertiary/aromatic N) is 2. The Balaban J connectivity index is 2.55. The summed E-state index contributed by atoms with van der Waals surface area (Å²) in [6.07, 6.45) is 1.72. The summed E-state index contributed by atoms with van der Waals surface area (Å²) < 4.78 is 0. The zero-order valence-electron chi connectivity index (χ0n) is 9.09. The van der Waals surface area contributed by atoms with E-state index in [-0.39, 0.29) is 0 Å². The molecule has 0 fully saturated rings. The molecular weight excluding hydrogens is 196 g/mol. The van der Waals surface area contributed by atoms with Gasteiger partial charge in [-0.05, 0) is 24.6 Å². The highest BCUT2D eigenvalue weighted by molar-refractivity contribution is 5.41. The zero-order chi connectivity index (χ0) is 11.4. The number of benzene rings is 1. The molecule has 1 heterocycles. The molecule has 0 saturated carbocycles. The van der Waals surface area contributed by atoms with Crippen LogP contribution in [-0.4, -0.2) is 4.98 Å². The van der Waals surface area contributed by atoms with Gasteiger partial charge in [0.15, 0.2) is 0 Å². The van der Waals surface area contributed by atoms with Crippen LogP contribution < -0.4 is 0 Å². The molecule has 0 bridgehead atoms. The lowest BCUT2D eigenvalue weighted by atomic mass is 9.80. The van der Waals surface area contributed by atoms with E-state index in [9.17, 15) is 5.26 Å². The molecule has 2 aromatic rings. The normalized spacial score (nSPS) is 13.8. The predicted octanol–water partition coefficient (Wildman–Crippen LogP) is 2.91. The quantitative estimate of drug-likeness (QED) is 0.760. The number of rotatable bonds is 2. The third-order valence-corrected chi connectivity index (χ3v) is 2.75. The van der Waals surface area contributed by atoms with E-state index in [1.165, 1.54) is 0 Å². The lowest BCUT2D eigenvalue weighted by Gasteiger charge is -2.21. The van der Waals surface area contributed by atoms with Gasteiger partial charge in [-0.15, -0.1) is 0 Å². The van der Waals surface area contributed by atoms with Crippen LogP contribution in [0.2, 0.25) is 0 Å². The fourth-order valence-corrected chi connectivity index (χ4v) is 1.70. The fraction of sp³-hybridized carbons (Fsp3) is 0.143. The number of pyridine rings is 1. The van der Waals surface area contributed by atoms with Crippen molar-refractivity contribution in [3.8, 4) is 6.07 Å². The Morgan fingerprint density at radius 2 is 1.75 bits per heavy atom. The monoisotopic (exact) mass is 208 g/mol. The molecule has 0 spiro atoms. The highest BCUT2D eigenvalue weighted by atomic mass is 14.7. The summed E-state index contributed by atoms with van der Waals surface area (Å²) in [5, 5.41) is 9.40.